The molecule has 0 spiro atoms. The lowest BCUT2D eigenvalue weighted by Crippen LogP contribution is -2.15. The van der Waals surface area contributed by atoms with E-state index in [2.05, 4.69) is 32.6 Å². The van der Waals surface area contributed by atoms with Gasteiger partial charge in [0.25, 0.3) is 0 Å². The number of ether oxygens (including phenoxy) is 1. The van der Waals surface area contributed by atoms with Gasteiger partial charge in [0.1, 0.15) is 5.76 Å². The van der Waals surface area contributed by atoms with Gasteiger partial charge in [0.15, 0.2) is 0 Å². The van der Waals surface area contributed by atoms with E-state index < -0.39 is 0 Å². The van der Waals surface area contributed by atoms with Crippen LogP contribution >= 0.6 is 0 Å². The first-order chi connectivity index (χ1) is 8.76. The van der Waals surface area contributed by atoms with Crippen molar-refractivity contribution in [1.29, 1.82) is 0 Å². The van der Waals surface area contributed by atoms with E-state index in [-0.39, 0.29) is 0 Å². The first-order valence-electron chi connectivity index (χ1n) is 7.45. The highest BCUT2D eigenvalue weighted by Gasteiger charge is 2.14. The Balaban J connectivity index is 0.00000137. The third-order valence-electron chi connectivity index (χ3n) is 3.13. The highest BCUT2D eigenvalue weighted by Crippen LogP contribution is 2.22. The number of hydrogen-bond acceptors (Lipinski definition) is 1. The quantitative estimate of drug-likeness (QED) is 0.443. The van der Waals surface area contributed by atoms with Gasteiger partial charge >= 0.3 is 0 Å². The summed E-state index contributed by atoms with van der Waals surface area (Å²) in [5.74, 6) is 0.805. The lowest BCUT2D eigenvalue weighted by atomic mass is 9.98. The second kappa shape index (κ2) is 11.1. The Hall–Kier alpha value is -0.980. The fourth-order valence-electron chi connectivity index (χ4n) is 2.05. The molecule has 0 N–H and O–H groups in total. The van der Waals surface area contributed by atoms with Gasteiger partial charge in [-0.2, -0.15) is 0 Å². The molecule has 0 aromatic carbocycles. The monoisotopic (exact) mass is 250 g/mol. The molecule has 0 unspecified atom stereocenters. The molecule has 0 bridgehead atoms. The average Bonchev–Trinajstić information content (AvgIpc) is 2.43. The van der Waals surface area contributed by atoms with Crippen molar-refractivity contribution in [1.82, 2.24) is 0 Å². The van der Waals surface area contributed by atoms with E-state index >= 15 is 0 Å². The second-order valence-corrected chi connectivity index (χ2v) is 4.39. The van der Waals surface area contributed by atoms with Gasteiger partial charge in [-0.25, -0.2) is 0 Å². The molecule has 0 heterocycles. The van der Waals surface area contributed by atoms with E-state index in [1.807, 2.05) is 19.9 Å². The zero-order valence-electron chi connectivity index (χ0n) is 12.7. The minimum atomic E-state index is 0.404. The molecule has 0 aromatic rings. The summed E-state index contributed by atoms with van der Waals surface area (Å²) >= 11 is 0. The van der Waals surface area contributed by atoms with Crippen LogP contribution in [-0.2, 0) is 4.74 Å². The van der Waals surface area contributed by atoms with Crippen LogP contribution in [0.15, 0.2) is 36.1 Å². The molecule has 1 nitrogen and oxygen atoms in total. The molecule has 0 atom stereocenters. The molecule has 1 saturated carbocycles. The van der Waals surface area contributed by atoms with Crippen LogP contribution in [0.3, 0.4) is 0 Å². The number of rotatable bonds is 5. The van der Waals surface area contributed by atoms with Gasteiger partial charge in [-0.3, -0.25) is 0 Å². The maximum Gasteiger partial charge on any atom is 0.112 e. The Kier molecular flexibility index (Phi) is 10.5. The maximum atomic E-state index is 5.82. The molecule has 1 aliphatic carbocycles. The molecule has 1 rings (SSSR count). The van der Waals surface area contributed by atoms with E-state index in [4.69, 9.17) is 4.74 Å². The molecule has 1 aliphatic rings. The van der Waals surface area contributed by atoms with Crippen LogP contribution in [0.4, 0.5) is 0 Å². The Morgan fingerprint density at radius 2 is 1.78 bits per heavy atom. The normalized spacial score (nSPS) is 17.2. The first kappa shape index (κ1) is 17.0. The van der Waals surface area contributed by atoms with Gasteiger partial charge in [-0.05, 0) is 45.1 Å². The van der Waals surface area contributed by atoms with Crippen molar-refractivity contribution in [2.75, 3.05) is 0 Å². The van der Waals surface area contributed by atoms with Gasteiger partial charge in [0, 0.05) is 0 Å². The molecular formula is C17H30O. The maximum absolute atomic E-state index is 5.82. The fourth-order valence-corrected chi connectivity index (χ4v) is 2.05. The summed E-state index contributed by atoms with van der Waals surface area (Å²) in [7, 11) is 0. The molecule has 104 valence electrons. The van der Waals surface area contributed by atoms with Gasteiger partial charge in [0.05, 0.1) is 6.10 Å². The third kappa shape index (κ3) is 7.37. The lowest BCUT2D eigenvalue weighted by molar-refractivity contribution is 0.0909. The van der Waals surface area contributed by atoms with E-state index in [1.54, 1.807) is 0 Å². The molecule has 1 heteroatoms. The molecule has 18 heavy (non-hydrogen) atoms. The Morgan fingerprint density at radius 1 is 1.17 bits per heavy atom. The first-order valence-corrected chi connectivity index (χ1v) is 7.45. The summed E-state index contributed by atoms with van der Waals surface area (Å²) in [6.07, 6.45) is 14.0. The van der Waals surface area contributed by atoms with Gasteiger partial charge in [-0.15, -0.1) is 0 Å². The number of hydrogen-bond donors (Lipinski definition) is 0. The molecule has 1 fully saturated rings. The zero-order chi connectivity index (χ0) is 13.8. The van der Waals surface area contributed by atoms with Crippen LogP contribution in [0.25, 0.3) is 0 Å². The van der Waals surface area contributed by atoms with Crippen molar-refractivity contribution in [3.05, 3.63) is 36.1 Å². The van der Waals surface area contributed by atoms with Crippen molar-refractivity contribution in [2.45, 2.75) is 72.3 Å². The standard InChI is InChI=1S/C15H24O.C2H6/c1-4-14(5-2)12-11-13(3)16-15-9-7-6-8-10-15;1-2/h4,11-12,15H,3,5-10H2,1-2H3;1-2H3/b12-11-,14-4-;. The van der Waals surface area contributed by atoms with Crippen LogP contribution in [0.1, 0.15) is 66.2 Å². The summed E-state index contributed by atoms with van der Waals surface area (Å²) in [6.45, 7) is 12.2. The summed E-state index contributed by atoms with van der Waals surface area (Å²) in [4.78, 5) is 0. The van der Waals surface area contributed by atoms with Crippen LogP contribution in [0.2, 0.25) is 0 Å². The van der Waals surface area contributed by atoms with Crippen molar-refractivity contribution in [2.24, 2.45) is 0 Å². The van der Waals surface area contributed by atoms with Crippen LogP contribution in [0.5, 0.6) is 0 Å². The summed E-state index contributed by atoms with van der Waals surface area (Å²) in [6, 6.07) is 0. The summed E-state index contributed by atoms with van der Waals surface area (Å²) in [5, 5.41) is 0. The van der Waals surface area contributed by atoms with Crippen molar-refractivity contribution in [3.8, 4) is 0 Å². The van der Waals surface area contributed by atoms with Gasteiger partial charge < -0.3 is 4.74 Å². The minimum Gasteiger partial charge on any atom is -0.491 e. The predicted octanol–water partition coefficient (Wildman–Crippen LogP) is 5.79. The van der Waals surface area contributed by atoms with Crippen LogP contribution < -0.4 is 0 Å². The summed E-state index contributed by atoms with van der Waals surface area (Å²) in [5.41, 5.74) is 1.33. The molecule has 0 aliphatic heterocycles. The largest absolute Gasteiger partial charge is 0.491 e. The third-order valence-corrected chi connectivity index (χ3v) is 3.13. The molecule has 0 radical (unpaired) electrons. The van der Waals surface area contributed by atoms with E-state index in [0.717, 1.165) is 12.2 Å². The van der Waals surface area contributed by atoms with Crippen molar-refractivity contribution < 1.29 is 4.74 Å². The topological polar surface area (TPSA) is 9.23 Å². The molecular weight excluding hydrogens is 220 g/mol. The van der Waals surface area contributed by atoms with E-state index in [0.29, 0.717) is 6.10 Å². The van der Waals surface area contributed by atoms with Crippen LogP contribution in [0, 0.1) is 0 Å². The Morgan fingerprint density at radius 3 is 2.28 bits per heavy atom. The fraction of sp³-hybridized carbons (Fsp3) is 0.647. The Labute approximate surface area is 114 Å². The average molecular weight is 250 g/mol. The van der Waals surface area contributed by atoms with E-state index in [9.17, 15) is 0 Å². The van der Waals surface area contributed by atoms with Crippen LogP contribution in [-0.4, -0.2) is 6.10 Å². The van der Waals surface area contributed by atoms with Gasteiger partial charge in [-0.1, -0.05) is 51.5 Å². The highest BCUT2D eigenvalue weighted by molar-refractivity contribution is 5.23. The number of allylic oxidation sites excluding steroid dienone is 4. The highest BCUT2D eigenvalue weighted by atomic mass is 16.5. The Bertz CT molecular complexity index is 267. The second-order valence-electron chi connectivity index (χ2n) is 4.39. The molecule has 0 amide bonds. The van der Waals surface area contributed by atoms with Gasteiger partial charge in [0.2, 0.25) is 0 Å². The predicted molar refractivity (Wildman–Crippen MR) is 81.6 cm³/mol. The smallest absolute Gasteiger partial charge is 0.112 e. The summed E-state index contributed by atoms with van der Waals surface area (Å²) < 4.78 is 5.82. The molecule has 0 saturated heterocycles. The van der Waals surface area contributed by atoms with Crippen molar-refractivity contribution in [3.63, 3.8) is 0 Å². The SMILES string of the molecule is C=C(/C=C\C(=C/C)CC)OC1CCCCC1.CC. The minimum absolute atomic E-state index is 0.404. The van der Waals surface area contributed by atoms with Crippen molar-refractivity contribution >= 4 is 0 Å². The zero-order valence-corrected chi connectivity index (χ0v) is 12.7. The van der Waals surface area contributed by atoms with E-state index in [1.165, 1.54) is 37.7 Å². The molecule has 0 aromatic heterocycles. The lowest BCUT2D eigenvalue weighted by Gasteiger charge is -2.23.